The van der Waals surface area contributed by atoms with Gasteiger partial charge in [0.15, 0.2) is 0 Å². The van der Waals surface area contributed by atoms with Crippen molar-refractivity contribution in [2.75, 3.05) is 18.0 Å². The third kappa shape index (κ3) is 3.40. The van der Waals surface area contributed by atoms with Gasteiger partial charge in [0.25, 0.3) is 0 Å². The van der Waals surface area contributed by atoms with Crippen molar-refractivity contribution >= 4 is 5.88 Å². The molecule has 0 N–H and O–H groups in total. The Kier molecular flexibility index (Phi) is 4.57. The molecule has 4 rings (SSSR count). The van der Waals surface area contributed by atoms with E-state index in [0.29, 0.717) is 24.1 Å². The third-order valence-corrected chi connectivity index (χ3v) is 4.46. The Morgan fingerprint density at radius 2 is 1.77 bits per heavy atom. The Morgan fingerprint density at radius 1 is 1.04 bits per heavy atom. The molecule has 0 radical (unpaired) electrons. The first-order valence-corrected chi connectivity index (χ1v) is 8.76. The lowest BCUT2D eigenvalue weighted by molar-refractivity contribution is 0.306. The van der Waals surface area contributed by atoms with E-state index in [1.165, 1.54) is 0 Å². The molecular weight excluding hydrogens is 326 g/mol. The average molecular weight is 345 g/mol. The largest absolute Gasteiger partial charge is 0.489 e. The van der Waals surface area contributed by atoms with Crippen molar-refractivity contribution in [1.82, 2.24) is 4.98 Å². The van der Waals surface area contributed by atoms with Gasteiger partial charge in [-0.15, -0.1) is 0 Å². The minimum absolute atomic E-state index is 0.353. The Hall–Kier alpha value is -3.26. The second kappa shape index (κ2) is 7.32. The molecule has 1 saturated heterocycles. The van der Waals surface area contributed by atoms with Crippen LogP contribution in [0.15, 0.2) is 59.0 Å². The first kappa shape index (κ1) is 16.2. The molecule has 1 aliphatic heterocycles. The average Bonchev–Trinajstić information content (AvgIpc) is 3.37. The summed E-state index contributed by atoms with van der Waals surface area (Å²) in [6.07, 6.45) is 2.24. The summed E-state index contributed by atoms with van der Waals surface area (Å²) in [6.45, 7) is 2.35. The summed E-state index contributed by atoms with van der Waals surface area (Å²) in [4.78, 5) is 6.45. The van der Waals surface area contributed by atoms with Crippen molar-refractivity contribution in [2.45, 2.75) is 19.4 Å². The molecule has 1 aromatic heterocycles. The number of aromatic nitrogens is 1. The summed E-state index contributed by atoms with van der Waals surface area (Å²) in [6, 6.07) is 19.8. The summed E-state index contributed by atoms with van der Waals surface area (Å²) >= 11 is 0. The van der Waals surface area contributed by atoms with Crippen LogP contribution in [-0.2, 0) is 6.61 Å². The van der Waals surface area contributed by atoms with Crippen LogP contribution in [0.2, 0.25) is 0 Å². The van der Waals surface area contributed by atoms with E-state index in [-0.39, 0.29) is 0 Å². The van der Waals surface area contributed by atoms with Gasteiger partial charge in [0.1, 0.15) is 18.4 Å². The smallest absolute Gasteiger partial charge is 0.235 e. The van der Waals surface area contributed by atoms with Crippen LogP contribution in [0.3, 0.4) is 0 Å². The fourth-order valence-corrected chi connectivity index (χ4v) is 3.08. The topological polar surface area (TPSA) is 62.3 Å². The SMILES string of the molecule is N#Cc1nc(-c2ccc(OCc3ccccc3)cc2)oc1N1CCCC1. The molecule has 3 aromatic rings. The van der Waals surface area contributed by atoms with Crippen molar-refractivity contribution in [3.8, 4) is 23.3 Å². The van der Waals surface area contributed by atoms with Gasteiger partial charge in [0.2, 0.25) is 17.5 Å². The molecule has 0 amide bonds. The summed E-state index contributed by atoms with van der Waals surface area (Å²) in [5.41, 5.74) is 2.31. The normalized spacial score (nSPS) is 13.6. The van der Waals surface area contributed by atoms with Crippen LogP contribution in [0.5, 0.6) is 5.75 Å². The van der Waals surface area contributed by atoms with Crippen LogP contribution in [0.4, 0.5) is 5.88 Å². The minimum Gasteiger partial charge on any atom is -0.489 e. The van der Waals surface area contributed by atoms with Crippen molar-refractivity contribution in [3.05, 3.63) is 65.9 Å². The van der Waals surface area contributed by atoms with E-state index in [9.17, 15) is 5.26 Å². The summed E-state index contributed by atoms with van der Waals surface area (Å²) in [7, 11) is 0. The lowest BCUT2D eigenvalue weighted by Crippen LogP contribution is -2.17. The molecule has 2 aromatic carbocycles. The molecule has 0 aliphatic carbocycles. The van der Waals surface area contributed by atoms with Crippen molar-refractivity contribution < 1.29 is 9.15 Å². The first-order valence-electron chi connectivity index (χ1n) is 8.76. The maximum Gasteiger partial charge on any atom is 0.235 e. The highest BCUT2D eigenvalue weighted by molar-refractivity contribution is 5.60. The summed E-state index contributed by atoms with van der Waals surface area (Å²) in [5.74, 6) is 1.84. The van der Waals surface area contributed by atoms with E-state index < -0.39 is 0 Å². The molecule has 0 unspecified atom stereocenters. The van der Waals surface area contributed by atoms with Crippen molar-refractivity contribution in [3.63, 3.8) is 0 Å². The number of rotatable bonds is 5. The number of oxazole rings is 1. The second-order valence-electron chi connectivity index (χ2n) is 6.28. The molecule has 0 atom stereocenters. The molecular formula is C21H19N3O2. The molecule has 2 heterocycles. The van der Waals surface area contributed by atoms with E-state index >= 15 is 0 Å². The number of hydrogen-bond donors (Lipinski definition) is 0. The van der Waals surface area contributed by atoms with Crippen LogP contribution < -0.4 is 9.64 Å². The minimum atomic E-state index is 0.353. The van der Waals surface area contributed by atoms with Crippen LogP contribution in [0.25, 0.3) is 11.5 Å². The molecule has 0 bridgehead atoms. The van der Waals surface area contributed by atoms with Gasteiger partial charge in [-0.1, -0.05) is 30.3 Å². The van der Waals surface area contributed by atoms with E-state index in [4.69, 9.17) is 9.15 Å². The standard InChI is InChI=1S/C21H19N3O2/c22-14-19-21(24-12-4-5-13-24)26-20(23-19)17-8-10-18(11-9-17)25-15-16-6-2-1-3-7-16/h1-3,6-11H,4-5,12-13,15H2. The maximum absolute atomic E-state index is 9.34. The van der Waals surface area contributed by atoms with Gasteiger partial charge in [-0.2, -0.15) is 10.2 Å². The molecule has 5 heteroatoms. The zero-order valence-corrected chi connectivity index (χ0v) is 14.4. The van der Waals surface area contributed by atoms with E-state index in [1.807, 2.05) is 54.6 Å². The fourth-order valence-electron chi connectivity index (χ4n) is 3.08. The van der Waals surface area contributed by atoms with Gasteiger partial charge >= 0.3 is 0 Å². The predicted octanol–water partition coefficient (Wildman–Crippen LogP) is 4.39. The summed E-state index contributed by atoms with van der Waals surface area (Å²) < 4.78 is 11.7. The van der Waals surface area contributed by atoms with Crippen molar-refractivity contribution in [2.24, 2.45) is 0 Å². The Labute approximate surface area is 152 Å². The van der Waals surface area contributed by atoms with Gasteiger partial charge in [-0.25, -0.2) is 0 Å². The number of anilines is 1. The van der Waals surface area contributed by atoms with E-state index in [2.05, 4.69) is 16.0 Å². The quantitative estimate of drug-likeness (QED) is 0.686. The predicted molar refractivity (Wildman–Crippen MR) is 98.9 cm³/mol. The Balaban J connectivity index is 1.49. The number of nitriles is 1. The lowest BCUT2D eigenvalue weighted by Gasteiger charge is -2.12. The lowest BCUT2D eigenvalue weighted by atomic mass is 10.2. The van der Waals surface area contributed by atoms with Gasteiger partial charge in [0, 0.05) is 18.7 Å². The third-order valence-electron chi connectivity index (χ3n) is 4.46. The van der Waals surface area contributed by atoms with Crippen molar-refractivity contribution in [1.29, 1.82) is 5.26 Å². The van der Waals surface area contributed by atoms with Crippen LogP contribution in [-0.4, -0.2) is 18.1 Å². The Bertz CT molecular complexity index is 905. The van der Waals surface area contributed by atoms with Gasteiger partial charge in [-0.05, 0) is 42.7 Å². The zero-order chi connectivity index (χ0) is 17.8. The van der Waals surface area contributed by atoms with E-state index in [1.54, 1.807) is 0 Å². The number of nitrogens with zero attached hydrogens (tertiary/aromatic N) is 3. The van der Waals surface area contributed by atoms with Gasteiger partial charge in [0.05, 0.1) is 0 Å². The fraction of sp³-hybridized carbons (Fsp3) is 0.238. The molecule has 0 saturated carbocycles. The van der Waals surface area contributed by atoms with Crippen LogP contribution in [0, 0.1) is 11.3 Å². The van der Waals surface area contributed by atoms with Crippen LogP contribution in [0.1, 0.15) is 24.1 Å². The zero-order valence-electron chi connectivity index (χ0n) is 14.4. The molecule has 130 valence electrons. The monoisotopic (exact) mass is 345 g/mol. The highest BCUT2D eigenvalue weighted by atomic mass is 16.5. The molecule has 0 spiro atoms. The molecule has 5 nitrogen and oxygen atoms in total. The number of benzene rings is 2. The molecule has 26 heavy (non-hydrogen) atoms. The highest BCUT2D eigenvalue weighted by Crippen LogP contribution is 2.31. The Morgan fingerprint density at radius 3 is 2.46 bits per heavy atom. The molecule has 1 aliphatic rings. The van der Waals surface area contributed by atoms with Crippen LogP contribution >= 0.6 is 0 Å². The van der Waals surface area contributed by atoms with Gasteiger partial charge in [-0.3, -0.25) is 0 Å². The molecule has 1 fully saturated rings. The highest BCUT2D eigenvalue weighted by Gasteiger charge is 2.22. The number of ether oxygens (including phenoxy) is 1. The summed E-state index contributed by atoms with van der Waals surface area (Å²) in [5, 5.41) is 9.34. The number of hydrogen-bond acceptors (Lipinski definition) is 5. The first-order chi connectivity index (χ1) is 12.8. The van der Waals surface area contributed by atoms with E-state index in [0.717, 1.165) is 42.8 Å². The maximum atomic E-state index is 9.34. The second-order valence-corrected chi connectivity index (χ2v) is 6.28. The van der Waals surface area contributed by atoms with Gasteiger partial charge < -0.3 is 14.1 Å².